The molecule has 5 heterocycles. The van der Waals surface area contributed by atoms with E-state index in [-0.39, 0.29) is 12.3 Å². The summed E-state index contributed by atoms with van der Waals surface area (Å²) in [5.74, 6) is 1.54. The summed E-state index contributed by atoms with van der Waals surface area (Å²) in [6.45, 7) is 6.80. The third kappa shape index (κ3) is 4.54. The first-order valence-corrected chi connectivity index (χ1v) is 12.7. The highest BCUT2D eigenvalue weighted by Crippen LogP contribution is 2.37. The van der Waals surface area contributed by atoms with Crippen LogP contribution in [0.3, 0.4) is 0 Å². The molecule has 0 saturated carbocycles. The third-order valence-corrected chi connectivity index (χ3v) is 6.63. The maximum Gasteiger partial charge on any atom is 0.249 e. The Hall–Kier alpha value is -3.50. The smallest absolute Gasteiger partial charge is 0.249 e. The van der Waals surface area contributed by atoms with Crippen LogP contribution < -0.4 is 4.74 Å². The molecule has 2 aliphatic rings. The Morgan fingerprint density at radius 1 is 1.11 bits per heavy atom. The summed E-state index contributed by atoms with van der Waals surface area (Å²) in [6, 6.07) is 6.45. The molecule has 0 bridgehead atoms. The number of fused-ring (bicyclic) bond motifs is 3. The second kappa shape index (κ2) is 9.87. The maximum atomic E-state index is 6.14. The molecule has 0 N–H and O–H groups in total. The van der Waals surface area contributed by atoms with Crippen molar-refractivity contribution in [2.24, 2.45) is 0 Å². The van der Waals surface area contributed by atoms with Gasteiger partial charge in [0.2, 0.25) is 5.95 Å². The van der Waals surface area contributed by atoms with Crippen LogP contribution in [0, 0.1) is 0 Å². The van der Waals surface area contributed by atoms with Gasteiger partial charge in [-0.25, -0.2) is 9.36 Å². The van der Waals surface area contributed by atoms with Crippen molar-refractivity contribution in [1.29, 1.82) is 0 Å². The Balaban J connectivity index is 1.20. The summed E-state index contributed by atoms with van der Waals surface area (Å²) in [5.41, 5.74) is 5.13. The van der Waals surface area contributed by atoms with Crippen molar-refractivity contribution in [3.05, 3.63) is 48.7 Å². The molecule has 36 heavy (non-hydrogen) atoms. The topological polar surface area (TPSA) is 94.0 Å². The number of ether oxygens (including phenoxy) is 3. The summed E-state index contributed by atoms with van der Waals surface area (Å²) in [4.78, 5) is 4.43. The second-order valence-electron chi connectivity index (χ2n) is 9.51. The Kier molecular flexibility index (Phi) is 6.28. The van der Waals surface area contributed by atoms with E-state index in [1.165, 1.54) is 0 Å². The lowest BCUT2D eigenvalue weighted by atomic mass is 10.0. The lowest BCUT2D eigenvalue weighted by Gasteiger charge is -2.22. The molecule has 1 aromatic carbocycles. The van der Waals surface area contributed by atoms with Crippen molar-refractivity contribution in [3.63, 3.8) is 0 Å². The molecule has 1 atom stereocenters. The van der Waals surface area contributed by atoms with Crippen LogP contribution >= 0.6 is 0 Å². The van der Waals surface area contributed by atoms with Gasteiger partial charge in [-0.2, -0.15) is 20.3 Å². The van der Waals surface area contributed by atoms with E-state index in [0.29, 0.717) is 25.7 Å². The molecule has 0 spiro atoms. The molecule has 4 aromatic rings. The summed E-state index contributed by atoms with van der Waals surface area (Å²) in [7, 11) is 0. The highest BCUT2D eigenvalue weighted by Gasteiger charge is 2.22. The lowest BCUT2D eigenvalue weighted by molar-refractivity contribution is -0.163. The predicted molar refractivity (Wildman–Crippen MR) is 133 cm³/mol. The van der Waals surface area contributed by atoms with Crippen molar-refractivity contribution in [2.45, 2.75) is 58.4 Å². The molecular formula is C26H31N7O3. The Labute approximate surface area is 209 Å². The quantitative estimate of drug-likeness (QED) is 0.386. The molecular weight excluding hydrogens is 458 g/mol. The fraction of sp³-hybridized carbons (Fsp3) is 0.462. The standard InChI is InChI=1S/C26H31N7O3/c1-18(2)33-26(27-17-29-33)32-16-20-8-11-34-23-13-19(6-7-22(23)25(20)30-32)21-14-28-31(15-21)9-12-36-24-5-3-4-10-35-24/h6-7,13-18,24H,3-5,8-12H2,1-2H3. The SMILES string of the molecule is CC(C)n1ncnc1-n1cc2c(n1)-c1ccc(-c3cnn(CCOC4CCCCO4)c3)cc1OCC2. The number of hydrogen-bond acceptors (Lipinski definition) is 7. The summed E-state index contributed by atoms with van der Waals surface area (Å²) < 4.78 is 23.2. The average molecular weight is 490 g/mol. The molecule has 1 saturated heterocycles. The minimum absolute atomic E-state index is 0.0782. The zero-order valence-corrected chi connectivity index (χ0v) is 20.7. The molecule has 6 rings (SSSR count). The minimum atomic E-state index is -0.0782. The number of aromatic nitrogens is 7. The first kappa shape index (κ1) is 22.9. The predicted octanol–water partition coefficient (Wildman–Crippen LogP) is 4.05. The van der Waals surface area contributed by atoms with Gasteiger partial charge in [0.25, 0.3) is 0 Å². The molecule has 188 valence electrons. The van der Waals surface area contributed by atoms with E-state index in [9.17, 15) is 0 Å². The van der Waals surface area contributed by atoms with Crippen LogP contribution in [0.1, 0.15) is 44.7 Å². The van der Waals surface area contributed by atoms with E-state index in [1.807, 2.05) is 32.6 Å². The maximum absolute atomic E-state index is 6.14. The van der Waals surface area contributed by atoms with E-state index in [4.69, 9.17) is 19.3 Å². The fourth-order valence-corrected chi connectivity index (χ4v) is 4.74. The van der Waals surface area contributed by atoms with Crippen LogP contribution in [-0.4, -0.2) is 60.4 Å². The molecule has 1 fully saturated rings. The molecule has 0 aliphatic carbocycles. The molecule has 0 amide bonds. The molecule has 1 unspecified atom stereocenters. The Morgan fingerprint density at radius 3 is 2.92 bits per heavy atom. The Bertz CT molecular complexity index is 1330. The summed E-state index contributed by atoms with van der Waals surface area (Å²) >= 11 is 0. The molecule has 3 aromatic heterocycles. The first-order chi connectivity index (χ1) is 17.7. The third-order valence-electron chi connectivity index (χ3n) is 6.63. The molecule has 10 nitrogen and oxygen atoms in total. The van der Waals surface area contributed by atoms with Crippen LogP contribution in [0.15, 0.2) is 43.1 Å². The molecule has 0 radical (unpaired) electrons. The van der Waals surface area contributed by atoms with Gasteiger partial charge in [-0.15, -0.1) is 0 Å². The van der Waals surface area contributed by atoms with Gasteiger partial charge in [0.15, 0.2) is 6.29 Å². The zero-order valence-electron chi connectivity index (χ0n) is 20.7. The van der Waals surface area contributed by atoms with Crippen molar-refractivity contribution in [1.82, 2.24) is 34.3 Å². The highest BCUT2D eigenvalue weighted by molar-refractivity contribution is 5.76. The summed E-state index contributed by atoms with van der Waals surface area (Å²) in [5, 5.41) is 13.8. The Morgan fingerprint density at radius 2 is 2.06 bits per heavy atom. The van der Waals surface area contributed by atoms with Gasteiger partial charge in [0.05, 0.1) is 37.7 Å². The normalized spacial score (nSPS) is 17.5. The minimum Gasteiger partial charge on any atom is -0.493 e. The van der Waals surface area contributed by atoms with Gasteiger partial charge in [0.1, 0.15) is 12.1 Å². The van der Waals surface area contributed by atoms with Gasteiger partial charge < -0.3 is 14.2 Å². The lowest BCUT2D eigenvalue weighted by Crippen LogP contribution is -2.24. The van der Waals surface area contributed by atoms with Crippen LogP contribution in [0.4, 0.5) is 0 Å². The number of hydrogen-bond donors (Lipinski definition) is 0. The molecule has 10 heteroatoms. The molecule has 2 aliphatic heterocycles. The van der Waals surface area contributed by atoms with E-state index in [0.717, 1.165) is 66.0 Å². The van der Waals surface area contributed by atoms with Crippen molar-refractivity contribution in [3.8, 4) is 34.1 Å². The van der Waals surface area contributed by atoms with E-state index < -0.39 is 0 Å². The number of rotatable bonds is 7. The van der Waals surface area contributed by atoms with Crippen molar-refractivity contribution in [2.75, 3.05) is 19.8 Å². The van der Waals surface area contributed by atoms with Crippen LogP contribution in [-0.2, 0) is 22.4 Å². The van der Waals surface area contributed by atoms with Crippen LogP contribution in [0.2, 0.25) is 0 Å². The first-order valence-electron chi connectivity index (χ1n) is 12.7. The van der Waals surface area contributed by atoms with E-state index in [1.54, 1.807) is 6.33 Å². The fourth-order valence-electron chi connectivity index (χ4n) is 4.74. The van der Waals surface area contributed by atoms with Gasteiger partial charge >= 0.3 is 0 Å². The average Bonchev–Trinajstić information content (AvgIpc) is 3.63. The zero-order chi connectivity index (χ0) is 24.5. The van der Waals surface area contributed by atoms with Crippen molar-refractivity contribution < 1.29 is 14.2 Å². The van der Waals surface area contributed by atoms with Gasteiger partial charge in [-0.1, -0.05) is 6.07 Å². The monoisotopic (exact) mass is 489 g/mol. The van der Waals surface area contributed by atoms with Crippen LogP contribution in [0.25, 0.3) is 28.3 Å². The van der Waals surface area contributed by atoms with Crippen molar-refractivity contribution >= 4 is 0 Å². The largest absolute Gasteiger partial charge is 0.493 e. The number of benzene rings is 1. The second-order valence-corrected chi connectivity index (χ2v) is 9.51. The van der Waals surface area contributed by atoms with Crippen LogP contribution in [0.5, 0.6) is 5.75 Å². The number of nitrogens with zero attached hydrogens (tertiary/aromatic N) is 7. The van der Waals surface area contributed by atoms with Gasteiger partial charge in [-0.3, -0.25) is 4.68 Å². The van der Waals surface area contributed by atoms with Gasteiger partial charge in [0, 0.05) is 42.1 Å². The van der Waals surface area contributed by atoms with E-state index in [2.05, 4.69) is 47.2 Å². The van der Waals surface area contributed by atoms with Gasteiger partial charge in [-0.05, 0) is 50.8 Å². The van der Waals surface area contributed by atoms with E-state index >= 15 is 0 Å². The summed E-state index contributed by atoms with van der Waals surface area (Å²) in [6.07, 6.45) is 11.5. The highest BCUT2D eigenvalue weighted by atomic mass is 16.7.